The van der Waals surface area contributed by atoms with E-state index >= 15 is 0 Å². The van der Waals surface area contributed by atoms with Crippen molar-refractivity contribution in [3.8, 4) is 0 Å². The topological polar surface area (TPSA) is 56.7 Å². The van der Waals surface area contributed by atoms with Gasteiger partial charge in [0.15, 0.2) is 5.96 Å². The molecule has 1 aromatic carbocycles. The van der Waals surface area contributed by atoms with E-state index in [2.05, 4.69) is 29.5 Å². The molecular formula is C22H32ClFN4O. The number of hydrogen-bond acceptors (Lipinski definition) is 2. The van der Waals surface area contributed by atoms with E-state index in [1.54, 1.807) is 19.2 Å². The first kappa shape index (κ1) is 21.9. The number of guanidine groups is 1. The number of nitrogens with zero attached hydrogens (tertiary/aromatic N) is 2. The van der Waals surface area contributed by atoms with Crippen molar-refractivity contribution in [2.45, 2.75) is 64.0 Å². The molecule has 7 heteroatoms. The van der Waals surface area contributed by atoms with Crippen LogP contribution in [0.4, 0.5) is 4.39 Å². The van der Waals surface area contributed by atoms with E-state index in [0.717, 1.165) is 51.2 Å². The average Bonchev–Trinajstić information content (AvgIpc) is 3.47. The minimum absolute atomic E-state index is 0.0711. The van der Waals surface area contributed by atoms with Gasteiger partial charge in [0, 0.05) is 54.6 Å². The van der Waals surface area contributed by atoms with Gasteiger partial charge in [-0.15, -0.1) is 0 Å². The Morgan fingerprint density at radius 3 is 2.55 bits per heavy atom. The number of nitrogens with one attached hydrogen (secondary N) is 2. The third-order valence-electron chi connectivity index (χ3n) is 6.19. The highest BCUT2D eigenvalue weighted by atomic mass is 35.5. The van der Waals surface area contributed by atoms with Gasteiger partial charge in [0.25, 0.3) is 0 Å². The van der Waals surface area contributed by atoms with Crippen LogP contribution in [0, 0.1) is 11.7 Å². The number of aliphatic imine (C=N–C) groups is 1. The molecule has 0 aromatic heterocycles. The Balaban J connectivity index is 1.48. The number of hydrogen-bond donors (Lipinski definition) is 2. The lowest BCUT2D eigenvalue weighted by molar-refractivity contribution is -0.136. The lowest BCUT2D eigenvalue weighted by Gasteiger charge is -2.35. The number of amides is 1. The molecule has 2 unspecified atom stereocenters. The van der Waals surface area contributed by atoms with Gasteiger partial charge in [0.05, 0.1) is 0 Å². The molecule has 5 nitrogen and oxygen atoms in total. The van der Waals surface area contributed by atoms with Crippen molar-refractivity contribution in [3.05, 3.63) is 34.6 Å². The molecule has 0 spiro atoms. The predicted octanol–water partition coefficient (Wildman–Crippen LogP) is 3.93. The predicted molar refractivity (Wildman–Crippen MR) is 116 cm³/mol. The summed E-state index contributed by atoms with van der Waals surface area (Å²) in [4.78, 5) is 18.9. The lowest BCUT2D eigenvalue weighted by atomic mass is 9.98. The lowest BCUT2D eigenvalue weighted by Crippen LogP contribution is -2.51. The quantitative estimate of drug-likeness (QED) is 0.539. The summed E-state index contributed by atoms with van der Waals surface area (Å²) in [5.41, 5.74) is 0.593. The Morgan fingerprint density at radius 2 is 1.97 bits per heavy atom. The Kier molecular flexibility index (Phi) is 7.38. The van der Waals surface area contributed by atoms with Crippen LogP contribution in [0.5, 0.6) is 0 Å². The summed E-state index contributed by atoms with van der Waals surface area (Å²) < 4.78 is 14.1. The molecule has 2 atom stereocenters. The number of carbonyl (C=O) groups excluding carboxylic acids is 1. The molecular weight excluding hydrogens is 391 g/mol. The molecule has 2 N–H and O–H groups in total. The third-order valence-corrected chi connectivity index (χ3v) is 6.52. The number of rotatable bonds is 6. The van der Waals surface area contributed by atoms with E-state index in [-0.39, 0.29) is 29.7 Å². The highest BCUT2D eigenvalue weighted by Gasteiger charge is 2.42. The highest BCUT2D eigenvalue weighted by molar-refractivity contribution is 6.31. The summed E-state index contributed by atoms with van der Waals surface area (Å²) in [6.07, 6.45) is 4.45. The van der Waals surface area contributed by atoms with Crippen LogP contribution in [0.25, 0.3) is 0 Å². The zero-order valence-electron chi connectivity index (χ0n) is 17.5. The van der Waals surface area contributed by atoms with Crippen molar-refractivity contribution >= 4 is 23.5 Å². The number of piperidine rings is 1. The van der Waals surface area contributed by atoms with E-state index in [1.807, 2.05) is 4.90 Å². The first-order chi connectivity index (χ1) is 14.0. The minimum Gasteiger partial charge on any atom is -0.354 e. The van der Waals surface area contributed by atoms with Crippen LogP contribution in [-0.2, 0) is 4.79 Å². The smallest absolute Gasteiger partial charge is 0.225 e. The Hall–Kier alpha value is -1.82. The van der Waals surface area contributed by atoms with Crippen LogP contribution < -0.4 is 10.6 Å². The molecule has 29 heavy (non-hydrogen) atoms. The fraction of sp³-hybridized carbons (Fsp3) is 0.636. The van der Waals surface area contributed by atoms with E-state index in [4.69, 9.17) is 11.6 Å². The molecule has 1 amide bonds. The van der Waals surface area contributed by atoms with Crippen molar-refractivity contribution < 1.29 is 9.18 Å². The molecule has 2 aliphatic rings. The first-order valence-electron chi connectivity index (χ1n) is 10.7. The van der Waals surface area contributed by atoms with Crippen LogP contribution in [0.2, 0.25) is 5.02 Å². The van der Waals surface area contributed by atoms with Crippen LogP contribution >= 0.6 is 11.6 Å². The number of halogens is 2. The molecule has 1 saturated heterocycles. The Morgan fingerprint density at radius 1 is 1.28 bits per heavy atom. The number of benzene rings is 1. The molecule has 3 rings (SSSR count). The van der Waals surface area contributed by atoms with Gasteiger partial charge in [-0.1, -0.05) is 31.5 Å². The van der Waals surface area contributed by atoms with Crippen molar-refractivity contribution in [3.63, 3.8) is 0 Å². The Bertz CT molecular complexity index is 724. The summed E-state index contributed by atoms with van der Waals surface area (Å²) in [6.45, 7) is 5.72. The molecule has 1 heterocycles. The second kappa shape index (κ2) is 9.79. The van der Waals surface area contributed by atoms with Gasteiger partial charge in [-0.05, 0) is 44.2 Å². The van der Waals surface area contributed by atoms with Gasteiger partial charge in [0.2, 0.25) is 5.91 Å². The molecule has 0 bridgehead atoms. The van der Waals surface area contributed by atoms with E-state index in [0.29, 0.717) is 16.5 Å². The van der Waals surface area contributed by atoms with Gasteiger partial charge in [-0.25, -0.2) is 4.39 Å². The van der Waals surface area contributed by atoms with Crippen LogP contribution in [0.3, 0.4) is 0 Å². The van der Waals surface area contributed by atoms with Gasteiger partial charge in [-0.3, -0.25) is 9.79 Å². The molecule has 2 fully saturated rings. The maximum absolute atomic E-state index is 14.1. The first-order valence-corrected chi connectivity index (χ1v) is 11.1. The van der Waals surface area contributed by atoms with E-state index < -0.39 is 0 Å². The van der Waals surface area contributed by atoms with Crippen molar-refractivity contribution in [2.24, 2.45) is 10.9 Å². The summed E-state index contributed by atoms with van der Waals surface area (Å²) >= 11 is 6.19. The maximum atomic E-state index is 14.1. The largest absolute Gasteiger partial charge is 0.354 e. The average molecular weight is 423 g/mol. The monoisotopic (exact) mass is 422 g/mol. The normalized spacial score (nSPS) is 22.7. The SMILES string of the molecule is CCC(CC)C(=O)N1CCC(NC(=NC)NC2CC2c2c(F)cccc2Cl)CC1. The van der Waals surface area contributed by atoms with Crippen LogP contribution in [0.1, 0.15) is 57.4 Å². The Labute approximate surface area is 178 Å². The third kappa shape index (κ3) is 5.21. The van der Waals surface area contributed by atoms with E-state index in [1.165, 1.54) is 6.07 Å². The summed E-state index contributed by atoms with van der Waals surface area (Å²) in [6, 6.07) is 5.24. The molecule has 1 aliphatic heterocycles. The van der Waals surface area contributed by atoms with Gasteiger partial charge in [-0.2, -0.15) is 0 Å². The second-order valence-electron chi connectivity index (χ2n) is 8.06. The molecule has 1 aromatic rings. The summed E-state index contributed by atoms with van der Waals surface area (Å²) in [5, 5.41) is 7.35. The number of likely N-dealkylation sites (tertiary alicyclic amines) is 1. The van der Waals surface area contributed by atoms with Crippen molar-refractivity contribution in [1.29, 1.82) is 0 Å². The standard InChI is InChI=1S/C22H32ClFN4O/c1-4-14(5-2)21(29)28-11-9-15(10-12-28)26-22(25-3)27-19-13-16(19)20-17(23)7-6-8-18(20)24/h6-8,14-16,19H,4-5,9-13H2,1-3H3,(H2,25,26,27). The number of carbonyl (C=O) groups is 1. The molecule has 1 aliphatic carbocycles. The van der Waals surface area contributed by atoms with Gasteiger partial charge >= 0.3 is 0 Å². The van der Waals surface area contributed by atoms with E-state index in [9.17, 15) is 9.18 Å². The maximum Gasteiger partial charge on any atom is 0.225 e. The second-order valence-corrected chi connectivity index (χ2v) is 8.47. The van der Waals surface area contributed by atoms with Crippen molar-refractivity contribution in [1.82, 2.24) is 15.5 Å². The summed E-state index contributed by atoms with van der Waals surface area (Å²) in [5.74, 6) is 0.991. The highest BCUT2D eigenvalue weighted by Crippen LogP contribution is 2.44. The van der Waals surface area contributed by atoms with Gasteiger partial charge < -0.3 is 15.5 Å². The summed E-state index contributed by atoms with van der Waals surface area (Å²) in [7, 11) is 1.74. The van der Waals surface area contributed by atoms with Crippen LogP contribution in [0.15, 0.2) is 23.2 Å². The fourth-order valence-corrected chi connectivity index (χ4v) is 4.52. The van der Waals surface area contributed by atoms with Crippen LogP contribution in [-0.4, -0.2) is 49.0 Å². The zero-order valence-corrected chi connectivity index (χ0v) is 18.3. The van der Waals surface area contributed by atoms with Crippen molar-refractivity contribution in [2.75, 3.05) is 20.1 Å². The fourth-order valence-electron chi connectivity index (χ4n) is 4.22. The molecule has 160 valence electrons. The zero-order chi connectivity index (χ0) is 21.0. The molecule has 1 saturated carbocycles. The minimum atomic E-state index is -0.246. The molecule has 0 radical (unpaired) electrons. The van der Waals surface area contributed by atoms with Gasteiger partial charge in [0.1, 0.15) is 5.82 Å².